The van der Waals surface area contributed by atoms with E-state index >= 15 is 0 Å². The summed E-state index contributed by atoms with van der Waals surface area (Å²) in [5.74, 6) is -0.532. The van der Waals surface area contributed by atoms with Gasteiger partial charge in [0.2, 0.25) is 5.91 Å². The van der Waals surface area contributed by atoms with Gasteiger partial charge in [-0.05, 0) is 47.4 Å². The van der Waals surface area contributed by atoms with Gasteiger partial charge in [0.05, 0.1) is 11.8 Å². The molecule has 8 heteroatoms. The Hall–Kier alpha value is -3.42. The van der Waals surface area contributed by atoms with Crippen LogP contribution in [-0.2, 0) is 16.0 Å². The lowest BCUT2D eigenvalue weighted by Crippen LogP contribution is -2.25. The summed E-state index contributed by atoms with van der Waals surface area (Å²) in [6.07, 6.45) is 1.64. The SMILES string of the molecule is CCc1ccc(NC(=O)CC2SC(N3N=C(c4ccccc4)CC3c3ccc(Cl)cc3)=NC2=O)cc1. The fraction of sp³-hybridized carbons (Fsp3) is 0.214. The normalized spacial score (nSPS) is 19.3. The van der Waals surface area contributed by atoms with Gasteiger partial charge in [0.15, 0.2) is 5.17 Å². The molecule has 182 valence electrons. The zero-order valence-electron chi connectivity index (χ0n) is 19.7. The second-order valence-electron chi connectivity index (χ2n) is 8.67. The van der Waals surface area contributed by atoms with Gasteiger partial charge in [-0.25, -0.2) is 5.01 Å². The third-order valence-corrected chi connectivity index (χ3v) is 7.61. The van der Waals surface area contributed by atoms with Gasteiger partial charge in [0.1, 0.15) is 5.25 Å². The first-order valence-electron chi connectivity index (χ1n) is 11.9. The van der Waals surface area contributed by atoms with Crippen LogP contribution in [-0.4, -0.2) is 33.0 Å². The Balaban J connectivity index is 1.32. The van der Waals surface area contributed by atoms with E-state index in [4.69, 9.17) is 16.7 Å². The molecule has 0 saturated heterocycles. The minimum absolute atomic E-state index is 0.0424. The number of nitrogens with one attached hydrogen (secondary N) is 1. The molecule has 2 aliphatic rings. The molecule has 0 aliphatic carbocycles. The van der Waals surface area contributed by atoms with E-state index in [1.165, 1.54) is 17.3 Å². The van der Waals surface area contributed by atoms with Gasteiger partial charge >= 0.3 is 0 Å². The molecule has 0 bridgehead atoms. The highest BCUT2D eigenvalue weighted by atomic mass is 35.5. The number of benzene rings is 3. The third-order valence-electron chi connectivity index (χ3n) is 6.21. The number of anilines is 1. The first-order valence-corrected chi connectivity index (χ1v) is 13.1. The predicted molar refractivity (Wildman–Crippen MR) is 147 cm³/mol. The maximum atomic E-state index is 12.8. The van der Waals surface area contributed by atoms with Crippen LogP contribution in [0.5, 0.6) is 0 Å². The van der Waals surface area contributed by atoms with Gasteiger partial charge in [0.25, 0.3) is 5.91 Å². The van der Waals surface area contributed by atoms with Crippen molar-refractivity contribution in [2.75, 3.05) is 5.32 Å². The molecular weight excluding hydrogens is 492 g/mol. The Morgan fingerprint density at radius 3 is 2.47 bits per heavy atom. The maximum absolute atomic E-state index is 12.8. The Morgan fingerprint density at radius 1 is 1.06 bits per heavy atom. The average molecular weight is 517 g/mol. The molecule has 1 N–H and O–H groups in total. The number of halogens is 1. The molecule has 0 aromatic heterocycles. The molecule has 0 saturated carbocycles. The van der Waals surface area contributed by atoms with Crippen LogP contribution >= 0.6 is 23.4 Å². The predicted octanol–water partition coefficient (Wildman–Crippen LogP) is 6.08. The Morgan fingerprint density at radius 2 is 1.78 bits per heavy atom. The van der Waals surface area contributed by atoms with Crippen molar-refractivity contribution in [1.29, 1.82) is 0 Å². The first-order chi connectivity index (χ1) is 17.5. The maximum Gasteiger partial charge on any atom is 0.262 e. The molecule has 0 radical (unpaired) electrons. The molecule has 2 atom stereocenters. The van der Waals surface area contributed by atoms with Gasteiger partial charge in [-0.15, -0.1) is 0 Å². The van der Waals surface area contributed by atoms with Crippen molar-refractivity contribution in [2.24, 2.45) is 10.1 Å². The Labute approximate surface area is 219 Å². The zero-order valence-corrected chi connectivity index (χ0v) is 21.3. The Bertz CT molecular complexity index is 1320. The average Bonchev–Trinajstić information content (AvgIpc) is 3.49. The van der Waals surface area contributed by atoms with Crippen LogP contribution < -0.4 is 5.32 Å². The molecule has 2 aliphatic heterocycles. The summed E-state index contributed by atoms with van der Waals surface area (Å²) in [5, 5.41) is 10.1. The minimum Gasteiger partial charge on any atom is -0.326 e. The van der Waals surface area contributed by atoms with Crippen LogP contribution in [0.1, 0.15) is 42.5 Å². The number of aliphatic imine (C=N–C) groups is 1. The Kier molecular flexibility index (Phi) is 7.20. The highest BCUT2D eigenvalue weighted by Gasteiger charge is 2.39. The summed E-state index contributed by atoms with van der Waals surface area (Å²) >= 11 is 7.41. The second-order valence-corrected chi connectivity index (χ2v) is 10.3. The summed E-state index contributed by atoms with van der Waals surface area (Å²) < 4.78 is 0. The summed E-state index contributed by atoms with van der Waals surface area (Å²) in [6.45, 7) is 2.08. The molecule has 2 amide bonds. The van der Waals surface area contributed by atoms with Gasteiger partial charge in [0, 0.05) is 23.6 Å². The monoisotopic (exact) mass is 516 g/mol. The molecule has 36 heavy (non-hydrogen) atoms. The quantitative estimate of drug-likeness (QED) is 0.431. The molecule has 0 fully saturated rings. The van der Waals surface area contributed by atoms with E-state index in [2.05, 4.69) is 17.2 Å². The highest BCUT2D eigenvalue weighted by Crippen LogP contribution is 2.38. The second kappa shape index (κ2) is 10.7. The lowest BCUT2D eigenvalue weighted by Gasteiger charge is -2.23. The van der Waals surface area contributed by atoms with Crippen molar-refractivity contribution < 1.29 is 9.59 Å². The number of carbonyl (C=O) groups is 2. The third kappa shape index (κ3) is 5.37. The summed E-state index contributed by atoms with van der Waals surface area (Å²) in [5.41, 5.74) is 4.89. The number of carbonyl (C=O) groups excluding carboxylic acids is 2. The van der Waals surface area contributed by atoms with E-state index in [0.717, 1.165) is 23.3 Å². The number of amidine groups is 1. The van der Waals surface area contributed by atoms with E-state index in [-0.39, 0.29) is 24.3 Å². The van der Waals surface area contributed by atoms with Crippen molar-refractivity contribution in [3.05, 3.63) is 101 Å². The fourth-order valence-electron chi connectivity index (χ4n) is 4.25. The number of hydrogen-bond acceptors (Lipinski definition) is 5. The van der Waals surface area contributed by atoms with E-state index < -0.39 is 5.25 Å². The molecule has 5 rings (SSSR count). The number of hydrazone groups is 1. The van der Waals surface area contributed by atoms with Crippen molar-refractivity contribution >= 4 is 51.7 Å². The molecular formula is C28H25ClN4O2S. The van der Waals surface area contributed by atoms with E-state index in [0.29, 0.717) is 22.3 Å². The van der Waals surface area contributed by atoms with Gasteiger partial charge in [-0.1, -0.05) is 84.9 Å². The smallest absolute Gasteiger partial charge is 0.262 e. The fourth-order valence-corrected chi connectivity index (χ4v) is 5.43. The van der Waals surface area contributed by atoms with Crippen molar-refractivity contribution in [1.82, 2.24) is 5.01 Å². The number of rotatable bonds is 6. The first kappa shape index (κ1) is 24.3. The number of amides is 2. The standard InChI is InChI=1S/C28H25ClN4O2S/c1-2-18-8-14-22(15-9-18)30-26(34)17-25-27(35)31-28(36-25)33-24(20-10-12-21(29)13-11-20)16-23(32-33)19-6-4-3-5-7-19/h3-15,24-25H,2,16-17H2,1H3,(H,30,34). The van der Waals surface area contributed by atoms with Crippen LogP contribution in [0.25, 0.3) is 0 Å². The largest absolute Gasteiger partial charge is 0.326 e. The van der Waals surface area contributed by atoms with Gasteiger partial charge < -0.3 is 5.32 Å². The number of hydrogen-bond donors (Lipinski definition) is 1. The molecule has 3 aromatic rings. The van der Waals surface area contributed by atoms with Crippen molar-refractivity contribution in [3.8, 4) is 0 Å². The van der Waals surface area contributed by atoms with E-state index in [1.807, 2.05) is 83.9 Å². The van der Waals surface area contributed by atoms with Crippen LogP contribution in [0.15, 0.2) is 89.0 Å². The lowest BCUT2D eigenvalue weighted by atomic mass is 9.99. The topological polar surface area (TPSA) is 74.1 Å². The van der Waals surface area contributed by atoms with Crippen LogP contribution in [0, 0.1) is 0 Å². The number of thioether (sulfide) groups is 1. The van der Waals surface area contributed by atoms with Crippen molar-refractivity contribution in [3.63, 3.8) is 0 Å². The molecule has 6 nitrogen and oxygen atoms in total. The van der Waals surface area contributed by atoms with Crippen LogP contribution in [0.4, 0.5) is 5.69 Å². The van der Waals surface area contributed by atoms with Crippen LogP contribution in [0.3, 0.4) is 0 Å². The van der Waals surface area contributed by atoms with Crippen molar-refractivity contribution in [2.45, 2.75) is 37.5 Å². The molecule has 0 spiro atoms. The van der Waals surface area contributed by atoms with Gasteiger partial charge in [-0.3, -0.25) is 9.59 Å². The number of aryl methyl sites for hydroxylation is 1. The molecule has 2 unspecified atom stereocenters. The molecule has 2 heterocycles. The zero-order chi connectivity index (χ0) is 25.1. The summed E-state index contributed by atoms with van der Waals surface area (Å²) in [6, 6.07) is 25.2. The molecule has 3 aromatic carbocycles. The summed E-state index contributed by atoms with van der Waals surface area (Å²) in [7, 11) is 0. The lowest BCUT2D eigenvalue weighted by molar-refractivity contribution is -0.121. The minimum atomic E-state index is -0.586. The summed E-state index contributed by atoms with van der Waals surface area (Å²) in [4.78, 5) is 29.8. The van der Waals surface area contributed by atoms with E-state index in [1.54, 1.807) is 0 Å². The highest BCUT2D eigenvalue weighted by molar-refractivity contribution is 8.15. The van der Waals surface area contributed by atoms with Crippen LogP contribution in [0.2, 0.25) is 5.02 Å². The number of nitrogens with zero attached hydrogens (tertiary/aromatic N) is 3. The van der Waals surface area contributed by atoms with E-state index in [9.17, 15) is 9.59 Å². The van der Waals surface area contributed by atoms with Gasteiger partial charge in [-0.2, -0.15) is 10.1 Å².